The first-order valence-corrected chi connectivity index (χ1v) is 13.7. The van der Waals surface area contributed by atoms with Crippen molar-refractivity contribution in [3.63, 3.8) is 0 Å². The Morgan fingerprint density at radius 2 is 1.61 bits per heavy atom. The second-order valence-electron chi connectivity index (χ2n) is 10.6. The lowest BCUT2D eigenvalue weighted by Gasteiger charge is -2.52. The molecule has 3 aliphatic heterocycles. The number of amides is 2. The summed E-state index contributed by atoms with van der Waals surface area (Å²) in [5.41, 5.74) is 1.70. The number of hydrogen-bond acceptors (Lipinski definition) is 4. The fraction of sp³-hybridized carbons (Fsp3) is 0.533. The molecule has 5 rings (SSSR count). The van der Waals surface area contributed by atoms with Crippen LogP contribution in [0, 0.1) is 0 Å². The van der Waals surface area contributed by atoms with Crippen LogP contribution in [0.2, 0.25) is 0 Å². The number of hydrogen-bond donors (Lipinski definition) is 1. The highest BCUT2D eigenvalue weighted by molar-refractivity contribution is 6.00. The molecule has 36 heavy (non-hydrogen) atoms. The first kappa shape index (κ1) is 25.0. The molecule has 3 fully saturated rings. The van der Waals surface area contributed by atoms with Crippen LogP contribution in [0.5, 0.6) is 0 Å². The average Bonchev–Trinajstić information content (AvgIpc) is 3.43. The number of likely N-dealkylation sites (tertiary alicyclic amines) is 1. The topological polar surface area (TPSA) is 61.9 Å². The van der Waals surface area contributed by atoms with E-state index in [4.69, 9.17) is 4.74 Å². The molecule has 0 aliphatic carbocycles. The van der Waals surface area contributed by atoms with Crippen LogP contribution in [0.3, 0.4) is 0 Å². The van der Waals surface area contributed by atoms with E-state index in [2.05, 4.69) is 40.5 Å². The largest absolute Gasteiger partial charge is 0.376 e. The van der Waals surface area contributed by atoms with Crippen molar-refractivity contribution in [2.24, 2.45) is 0 Å². The standard InChI is InChI=1S/C30H39N3O3/c34-28-27(22-25-13-5-2-6-14-25)31-29(35)30(33(28)23-26-15-9-21-36-26)16-19-32(20-17-30)18-8-7-12-24-10-3-1-4-11-24/h1-6,10-11,13-14,26-27H,7-9,12,15-23H2,(H,31,35). The normalized spacial score (nSPS) is 24.3. The number of rotatable bonds is 9. The number of carbonyl (C=O) groups excluding carboxylic acids is 2. The number of ether oxygens (including phenoxy) is 1. The lowest BCUT2D eigenvalue weighted by molar-refractivity contribution is -0.163. The smallest absolute Gasteiger partial charge is 0.246 e. The maximum Gasteiger partial charge on any atom is 0.246 e. The Hall–Kier alpha value is -2.70. The molecule has 2 amide bonds. The van der Waals surface area contributed by atoms with Crippen molar-refractivity contribution in [3.8, 4) is 0 Å². The molecule has 192 valence electrons. The third-order valence-electron chi connectivity index (χ3n) is 8.22. The Kier molecular flexibility index (Phi) is 8.02. The molecule has 2 aromatic rings. The van der Waals surface area contributed by atoms with E-state index in [9.17, 15) is 9.59 Å². The van der Waals surface area contributed by atoms with Crippen LogP contribution in [-0.4, -0.2) is 72.1 Å². The Labute approximate surface area is 215 Å². The molecular weight excluding hydrogens is 450 g/mol. The van der Waals surface area contributed by atoms with Gasteiger partial charge in [-0.3, -0.25) is 9.59 Å². The molecule has 3 heterocycles. The molecule has 6 heteroatoms. The summed E-state index contributed by atoms with van der Waals surface area (Å²) in [4.78, 5) is 31.9. The minimum atomic E-state index is -0.753. The second kappa shape index (κ2) is 11.6. The predicted molar refractivity (Wildman–Crippen MR) is 141 cm³/mol. The Balaban J connectivity index is 1.22. The molecule has 2 unspecified atom stereocenters. The van der Waals surface area contributed by atoms with E-state index >= 15 is 0 Å². The quantitative estimate of drug-likeness (QED) is 0.547. The van der Waals surface area contributed by atoms with Gasteiger partial charge in [-0.25, -0.2) is 0 Å². The highest BCUT2D eigenvalue weighted by Crippen LogP contribution is 2.35. The molecule has 6 nitrogen and oxygen atoms in total. The van der Waals surface area contributed by atoms with Crippen LogP contribution in [0.25, 0.3) is 0 Å². The lowest BCUT2D eigenvalue weighted by Crippen LogP contribution is -2.73. The number of benzene rings is 2. The zero-order valence-corrected chi connectivity index (χ0v) is 21.2. The van der Waals surface area contributed by atoms with E-state index in [-0.39, 0.29) is 17.9 Å². The fourth-order valence-corrected chi connectivity index (χ4v) is 6.07. The summed E-state index contributed by atoms with van der Waals surface area (Å²) in [6.45, 7) is 4.00. The number of nitrogens with one attached hydrogen (secondary N) is 1. The van der Waals surface area contributed by atoms with E-state index in [1.807, 2.05) is 35.2 Å². The van der Waals surface area contributed by atoms with Gasteiger partial charge in [-0.05, 0) is 62.6 Å². The third-order valence-corrected chi connectivity index (χ3v) is 8.22. The highest BCUT2D eigenvalue weighted by atomic mass is 16.5. The van der Waals surface area contributed by atoms with Crippen LogP contribution in [0.1, 0.15) is 49.7 Å². The lowest BCUT2D eigenvalue weighted by atomic mass is 9.80. The molecule has 0 radical (unpaired) electrons. The van der Waals surface area contributed by atoms with Gasteiger partial charge in [0.1, 0.15) is 11.6 Å². The van der Waals surface area contributed by atoms with Gasteiger partial charge in [0.15, 0.2) is 0 Å². The van der Waals surface area contributed by atoms with Gasteiger partial charge in [0, 0.05) is 32.7 Å². The van der Waals surface area contributed by atoms with E-state index in [0.717, 1.165) is 63.9 Å². The Bertz CT molecular complexity index is 999. The van der Waals surface area contributed by atoms with Gasteiger partial charge in [-0.2, -0.15) is 0 Å². The number of unbranched alkanes of at least 4 members (excludes halogenated alkanes) is 1. The van der Waals surface area contributed by atoms with Gasteiger partial charge >= 0.3 is 0 Å². The minimum absolute atomic E-state index is 0.0183. The number of piperidine rings is 1. The summed E-state index contributed by atoms with van der Waals surface area (Å²) >= 11 is 0. The first-order chi connectivity index (χ1) is 17.6. The summed E-state index contributed by atoms with van der Waals surface area (Å²) in [7, 11) is 0. The Morgan fingerprint density at radius 1 is 0.917 bits per heavy atom. The molecule has 0 aromatic heterocycles. The molecule has 1 spiro atoms. The molecule has 3 saturated heterocycles. The molecule has 0 saturated carbocycles. The summed E-state index contributed by atoms with van der Waals surface area (Å²) in [5.74, 6) is 0.0648. The van der Waals surface area contributed by atoms with Crippen molar-refractivity contribution in [2.75, 3.05) is 32.8 Å². The van der Waals surface area contributed by atoms with Gasteiger partial charge in [0.25, 0.3) is 0 Å². The van der Waals surface area contributed by atoms with Crippen molar-refractivity contribution in [1.29, 1.82) is 0 Å². The highest BCUT2D eigenvalue weighted by Gasteiger charge is 2.54. The predicted octanol–water partition coefficient (Wildman–Crippen LogP) is 3.59. The van der Waals surface area contributed by atoms with E-state index in [1.165, 1.54) is 5.56 Å². The van der Waals surface area contributed by atoms with Crippen molar-refractivity contribution in [2.45, 2.75) is 69.1 Å². The maximum atomic E-state index is 13.8. The SMILES string of the molecule is O=C1C(Cc2ccccc2)NC(=O)C2(CCN(CCCCc3ccccc3)CC2)N1CC1CCCO1. The number of piperazine rings is 1. The minimum Gasteiger partial charge on any atom is -0.376 e. The first-order valence-electron chi connectivity index (χ1n) is 13.7. The Morgan fingerprint density at radius 3 is 2.28 bits per heavy atom. The van der Waals surface area contributed by atoms with Gasteiger partial charge < -0.3 is 19.9 Å². The van der Waals surface area contributed by atoms with Crippen molar-refractivity contribution < 1.29 is 14.3 Å². The van der Waals surface area contributed by atoms with Crippen molar-refractivity contribution in [3.05, 3.63) is 71.8 Å². The van der Waals surface area contributed by atoms with Crippen LogP contribution >= 0.6 is 0 Å². The van der Waals surface area contributed by atoms with Crippen molar-refractivity contribution in [1.82, 2.24) is 15.1 Å². The van der Waals surface area contributed by atoms with Crippen LogP contribution < -0.4 is 5.32 Å². The third kappa shape index (κ3) is 5.65. The molecule has 3 aliphatic rings. The molecular formula is C30H39N3O3. The molecule has 1 N–H and O–H groups in total. The summed E-state index contributed by atoms with van der Waals surface area (Å²) < 4.78 is 5.91. The number of carbonyl (C=O) groups is 2. The van der Waals surface area contributed by atoms with Crippen LogP contribution in [-0.2, 0) is 27.2 Å². The fourth-order valence-electron chi connectivity index (χ4n) is 6.07. The molecule has 2 aromatic carbocycles. The van der Waals surface area contributed by atoms with Crippen LogP contribution in [0.15, 0.2) is 60.7 Å². The van der Waals surface area contributed by atoms with Gasteiger partial charge in [0.2, 0.25) is 11.8 Å². The van der Waals surface area contributed by atoms with E-state index < -0.39 is 11.6 Å². The van der Waals surface area contributed by atoms with E-state index in [0.29, 0.717) is 25.8 Å². The van der Waals surface area contributed by atoms with E-state index in [1.54, 1.807) is 0 Å². The number of nitrogens with zero attached hydrogens (tertiary/aromatic N) is 2. The van der Waals surface area contributed by atoms with Crippen molar-refractivity contribution >= 4 is 11.8 Å². The zero-order valence-electron chi connectivity index (χ0n) is 21.2. The zero-order chi connectivity index (χ0) is 24.8. The summed E-state index contributed by atoms with van der Waals surface area (Å²) in [6.07, 6.45) is 7.33. The van der Waals surface area contributed by atoms with Gasteiger partial charge in [-0.1, -0.05) is 60.7 Å². The second-order valence-corrected chi connectivity index (χ2v) is 10.6. The summed E-state index contributed by atoms with van der Waals surface area (Å²) in [6, 6.07) is 20.1. The number of aryl methyl sites for hydroxylation is 1. The van der Waals surface area contributed by atoms with Gasteiger partial charge in [-0.15, -0.1) is 0 Å². The summed E-state index contributed by atoms with van der Waals surface area (Å²) in [5, 5.41) is 3.13. The monoisotopic (exact) mass is 489 g/mol. The maximum absolute atomic E-state index is 13.8. The van der Waals surface area contributed by atoms with Gasteiger partial charge in [0.05, 0.1) is 6.10 Å². The molecule has 0 bridgehead atoms. The van der Waals surface area contributed by atoms with Crippen LogP contribution in [0.4, 0.5) is 0 Å². The average molecular weight is 490 g/mol. The molecule has 2 atom stereocenters.